The molecule has 0 saturated heterocycles. The van der Waals surface area contributed by atoms with Crippen LogP contribution in [0.25, 0.3) is 10.9 Å². The summed E-state index contributed by atoms with van der Waals surface area (Å²) < 4.78 is 0. The van der Waals surface area contributed by atoms with E-state index < -0.39 is 0 Å². The molecule has 2 nitrogen and oxygen atoms in total. The van der Waals surface area contributed by atoms with E-state index in [1.807, 2.05) is 0 Å². The molecule has 2 rings (SSSR count). The quantitative estimate of drug-likeness (QED) is 0.854. The van der Waals surface area contributed by atoms with Gasteiger partial charge in [-0.05, 0) is 58.5 Å². The molecule has 0 atom stereocenters. The van der Waals surface area contributed by atoms with Crippen LogP contribution in [0.1, 0.15) is 23.2 Å². The molecule has 1 N–H and O–H groups in total. The summed E-state index contributed by atoms with van der Waals surface area (Å²) in [5.74, 6) is 0. The van der Waals surface area contributed by atoms with Crippen molar-refractivity contribution in [1.29, 1.82) is 0 Å². The number of aromatic nitrogens is 1. The fourth-order valence-electron chi connectivity index (χ4n) is 2.44. The van der Waals surface area contributed by atoms with Gasteiger partial charge in [0.25, 0.3) is 0 Å². The number of benzene rings is 1. The van der Waals surface area contributed by atoms with E-state index in [-0.39, 0.29) is 0 Å². The molecule has 0 unspecified atom stereocenters. The standard InChI is InChI=1S/C15H22N2/c1-11-7-5-8-14-13(9-6-10-17(3)4)12(2)16-15(11)14/h5,7-8,16H,6,9-10H2,1-4H3. The summed E-state index contributed by atoms with van der Waals surface area (Å²) in [6.45, 7) is 5.50. The number of para-hydroxylation sites is 1. The third-order valence-electron chi connectivity index (χ3n) is 3.40. The highest BCUT2D eigenvalue weighted by molar-refractivity contribution is 5.87. The number of aromatic amines is 1. The van der Waals surface area contributed by atoms with Gasteiger partial charge in [-0.25, -0.2) is 0 Å². The maximum atomic E-state index is 3.52. The van der Waals surface area contributed by atoms with Crippen molar-refractivity contribution < 1.29 is 0 Å². The van der Waals surface area contributed by atoms with Crippen LogP contribution in [-0.4, -0.2) is 30.5 Å². The summed E-state index contributed by atoms with van der Waals surface area (Å²) in [6, 6.07) is 6.55. The lowest BCUT2D eigenvalue weighted by atomic mass is 10.0. The Hall–Kier alpha value is -1.28. The van der Waals surface area contributed by atoms with Crippen LogP contribution in [0.3, 0.4) is 0 Å². The predicted octanol–water partition coefficient (Wildman–Crippen LogP) is 3.28. The van der Waals surface area contributed by atoms with Crippen molar-refractivity contribution in [3.8, 4) is 0 Å². The third kappa shape index (κ3) is 2.52. The largest absolute Gasteiger partial charge is 0.358 e. The van der Waals surface area contributed by atoms with Gasteiger partial charge in [0.05, 0.1) is 0 Å². The van der Waals surface area contributed by atoms with E-state index in [1.54, 1.807) is 0 Å². The highest BCUT2D eigenvalue weighted by Crippen LogP contribution is 2.25. The van der Waals surface area contributed by atoms with Gasteiger partial charge in [-0.1, -0.05) is 18.2 Å². The van der Waals surface area contributed by atoms with Gasteiger partial charge in [0.2, 0.25) is 0 Å². The molecule has 2 aromatic rings. The number of hydrogen-bond acceptors (Lipinski definition) is 1. The summed E-state index contributed by atoms with van der Waals surface area (Å²) >= 11 is 0. The Kier molecular flexibility index (Phi) is 3.53. The van der Waals surface area contributed by atoms with Crippen LogP contribution in [-0.2, 0) is 6.42 Å². The van der Waals surface area contributed by atoms with Crippen molar-refractivity contribution in [3.63, 3.8) is 0 Å². The second kappa shape index (κ2) is 4.92. The monoisotopic (exact) mass is 230 g/mol. The number of nitrogens with one attached hydrogen (secondary N) is 1. The van der Waals surface area contributed by atoms with Crippen LogP contribution >= 0.6 is 0 Å². The molecule has 0 aliphatic carbocycles. The van der Waals surface area contributed by atoms with E-state index in [9.17, 15) is 0 Å². The van der Waals surface area contributed by atoms with Crippen LogP contribution in [0.15, 0.2) is 18.2 Å². The lowest BCUT2D eigenvalue weighted by molar-refractivity contribution is 0.400. The first-order chi connectivity index (χ1) is 8.09. The van der Waals surface area contributed by atoms with Crippen molar-refractivity contribution in [2.75, 3.05) is 20.6 Å². The summed E-state index contributed by atoms with van der Waals surface area (Å²) in [5, 5.41) is 1.40. The molecule has 0 fully saturated rings. The predicted molar refractivity (Wildman–Crippen MR) is 74.6 cm³/mol. The zero-order valence-electron chi connectivity index (χ0n) is 11.3. The molecule has 0 aliphatic heterocycles. The van der Waals surface area contributed by atoms with Crippen molar-refractivity contribution in [2.45, 2.75) is 26.7 Å². The molecule has 0 bridgehead atoms. The average molecular weight is 230 g/mol. The Morgan fingerprint density at radius 1 is 1.18 bits per heavy atom. The Bertz CT molecular complexity index is 509. The molecule has 2 heteroatoms. The summed E-state index contributed by atoms with van der Waals surface area (Å²) in [4.78, 5) is 5.77. The molecule has 0 aliphatic rings. The van der Waals surface area contributed by atoms with Gasteiger partial charge in [0.1, 0.15) is 0 Å². The van der Waals surface area contributed by atoms with Gasteiger partial charge in [-0.2, -0.15) is 0 Å². The first kappa shape index (κ1) is 12.2. The van der Waals surface area contributed by atoms with Crippen molar-refractivity contribution >= 4 is 10.9 Å². The lowest BCUT2D eigenvalue weighted by Crippen LogP contribution is -2.13. The second-order valence-corrected chi connectivity index (χ2v) is 5.13. The molecule has 1 aromatic carbocycles. The molecule has 1 heterocycles. The van der Waals surface area contributed by atoms with Gasteiger partial charge in [-0.15, -0.1) is 0 Å². The molecule has 1 aromatic heterocycles. The van der Waals surface area contributed by atoms with Gasteiger partial charge >= 0.3 is 0 Å². The van der Waals surface area contributed by atoms with Gasteiger partial charge in [0, 0.05) is 16.6 Å². The van der Waals surface area contributed by atoms with Crippen molar-refractivity contribution in [3.05, 3.63) is 35.0 Å². The summed E-state index contributed by atoms with van der Waals surface area (Å²) in [7, 11) is 4.26. The summed E-state index contributed by atoms with van der Waals surface area (Å²) in [5.41, 5.74) is 5.47. The fraction of sp³-hybridized carbons (Fsp3) is 0.467. The molecule has 0 radical (unpaired) electrons. The number of rotatable bonds is 4. The second-order valence-electron chi connectivity index (χ2n) is 5.13. The SMILES string of the molecule is Cc1[nH]c2c(C)cccc2c1CCCN(C)C. The maximum absolute atomic E-state index is 3.52. The van der Waals surface area contributed by atoms with Crippen LogP contribution in [0.2, 0.25) is 0 Å². The van der Waals surface area contributed by atoms with Gasteiger partial charge in [-0.3, -0.25) is 0 Å². The molecular weight excluding hydrogens is 208 g/mol. The fourth-order valence-corrected chi connectivity index (χ4v) is 2.44. The molecule has 0 spiro atoms. The molecule has 0 amide bonds. The minimum Gasteiger partial charge on any atom is -0.358 e. The Morgan fingerprint density at radius 2 is 1.94 bits per heavy atom. The minimum absolute atomic E-state index is 1.15. The zero-order valence-corrected chi connectivity index (χ0v) is 11.3. The molecule has 0 saturated carbocycles. The smallest absolute Gasteiger partial charge is 0.0488 e. The van der Waals surface area contributed by atoms with E-state index >= 15 is 0 Å². The maximum Gasteiger partial charge on any atom is 0.0488 e. The van der Waals surface area contributed by atoms with E-state index in [0.717, 1.165) is 13.0 Å². The Morgan fingerprint density at radius 3 is 2.65 bits per heavy atom. The van der Waals surface area contributed by atoms with Crippen LogP contribution in [0.4, 0.5) is 0 Å². The van der Waals surface area contributed by atoms with E-state index in [2.05, 4.69) is 56.0 Å². The number of nitrogens with zero attached hydrogens (tertiary/aromatic N) is 1. The number of aryl methyl sites for hydroxylation is 3. The van der Waals surface area contributed by atoms with Gasteiger partial charge in [0.15, 0.2) is 0 Å². The summed E-state index contributed by atoms with van der Waals surface area (Å²) in [6.07, 6.45) is 2.38. The number of H-pyrrole nitrogens is 1. The Balaban J connectivity index is 2.27. The van der Waals surface area contributed by atoms with Gasteiger partial charge < -0.3 is 9.88 Å². The van der Waals surface area contributed by atoms with Crippen LogP contribution in [0, 0.1) is 13.8 Å². The number of fused-ring (bicyclic) bond motifs is 1. The van der Waals surface area contributed by atoms with E-state index in [1.165, 1.54) is 34.1 Å². The molecule has 92 valence electrons. The van der Waals surface area contributed by atoms with Crippen molar-refractivity contribution in [1.82, 2.24) is 9.88 Å². The number of hydrogen-bond donors (Lipinski definition) is 1. The van der Waals surface area contributed by atoms with Crippen LogP contribution in [0.5, 0.6) is 0 Å². The van der Waals surface area contributed by atoms with E-state index in [4.69, 9.17) is 0 Å². The zero-order chi connectivity index (χ0) is 12.4. The molecule has 17 heavy (non-hydrogen) atoms. The minimum atomic E-state index is 1.15. The average Bonchev–Trinajstić information content (AvgIpc) is 2.57. The first-order valence-electron chi connectivity index (χ1n) is 6.31. The van der Waals surface area contributed by atoms with Crippen LogP contribution < -0.4 is 0 Å². The topological polar surface area (TPSA) is 19.0 Å². The normalized spacial score (nSPS) is 11.6. The highest BCUT2D eigenvalue weighted by atomic mass is 15.0. The van der Waals surface area contributed by atoms with Crippen molar-refractivity contribution in [2.24, 2.45) is 0 Å². The lowest BCUT2D eigenvalue weighted by Gasteiger charge is -2.09. The third-order valence-corrected chi connectivity index (χ3v) is 3.40. The Labute approximate surface area is 104 Å². The first-order valence-corrected chi connectivity index (χ1v) is 6.31. The van der Waals surface area contributed by atoms with E-state index in [0.29, 0.717) is 0 Å². The molecular formula is C15H22N2. The highest BCUT2D eigenvalue weighted by Gasteiger charge is 2.09.